The third-order valence-electron chi connectivity index (χ3n) is 3.28. The zero-order valence-electron chi connectivity index (χ0n) is 11.3. The molecule has 0 unspecified atom stereocenters. The first-order valence-electron chi connectivity index (χ1n) is 6.63. The number of imidazole rings is 1. The Labute approximate surface area is 130 Å². The van der Waals surface area contributed by atoms with E-state index >= 15 is 0 Å². The van der Waals surface area contributed by atoms with Crippen LogP contribution < -0.4 is 5.32 Å². The zero-order chi connectivity index (χ0) is 14.7. The van der Waals surface area contributed by atoms with Gasteiger partial charge in [0, 0.05) is 19.3 Å². The van der Waals surface area contributed by atoms with Crippen LogP contribution in [0.3, 0.4) is 0 Å². The molecule has 0 saturated carbocycles. The van der Waals surface area contributed by atoms with Crippen molar-refractivity contribution in [1.29, 1.82) is 0 Å². The van der Waals surface area contributed by atoms with Gasteiger partial charge in [-0.3, -0.25) is 4.40 Å². The molecule has 6 heteroatoms. The van der Waals surface area contributed by atoms with Crippen LogP contribution in [0.5, 0.6) is 0 Å². The molecule has 5 nitrogen and oxygen atoms in total. The van der Waals surface area contributed by atoms with Gasteiger partial charge < -0.3 is 10.4 Å². The SMILES string of the molecule is OCc1ccc(CNCc2cnc3cnc(Br)cn23)cc1. The maximum atomic E-state index is 9.02. The fourth-order valence-electron chi connectivity index (χ4n) is 2.14. The highest BCUT2D eigenvalue weighted by molar-refractivity contribution is 9.10. The molecule has 1 aromatic carbocycles. The second-order valence-electron chi connectivity index (χ2n) is 4.77. The number of nitrogens with zero attached hydrogens (tertiary/aromatic N) is 3. The molecule has 0 fully saturated rings. The standard InChI is InChI=1S/C15H15BrN4O/c16-14-9-20-13(7-19-15(20)8-18-14)6-17-5-11-1-3-12(10-21)4-2-11/h1-4,7-9,17,21H,5-6,10H2. The summed E-state index contributed by atoms with van der Waals surface area (Å²) >= 11 is 3.37. The molecule has 0 saturated heterocycles. The lowest BCUT2D eigenvalue weighted by atomic mass is 10.1. The highest BCUT2D eigenvalue weighted by atomic mass is 79.9. The van der Waals surface area contributed by atoms with Crippen molar-refractivity contribution in [3.63, 3.8) is 0 Å². The molecular formula is C15H15BrN4O. The molecule has 2 N–H and O–H groups in total. The molecule has 3 rings (SSSR count). The maximum Gasteiger partial charge on any atom is 0.155 e. The summed E-state index contributed by atoms with van der Waals surface area (Å²) in [6, 6.07) is 7.92. The lowest BCUT2D eigenvalue weighted by Crippen LogP contribution is -2.14. The first-order valence-corrected chi connectivity index (χ1v) is 7.42. The summed E-state index contributed by atoms with van der Waals surface area (Å²) in [5.74, 6) is 0. The third-order valence-corrected chi connectivity index (χ3v) is 3.69. The van der Waals surface area contributed by atoms with Crippen LogP contribution in [-0.4, -0.2) is 19.5 Å². The predicted molar refractivity (Wildman–Crippen MR) is 83.6 cm³/mol. The van der Waals surface area contributed by atoms with E-state index < -0.39 is 0 Å². The van der Waals surface area contributed by atoms with Crippen molar-refractivity contribution in [2.75, 3.05) is 0 Å². The van der Waals surface area contributed by atoms with E-state index in [1.54, 1.807) is 6.20 Å². The first-order chi connectivity index (χ1) is 10.3. The van der Waals surface area contributed by atoms with Gasteiger partial charge in [0.2, 0.25) is 0 Å². The van der Waals surface area contributed by atoms with Crippen LogP contribution in [0.4, 0.5) is 0 Å². The lowest BCUT2D eigenvalue weighted by molar-refractivity contribution is 0.282. The summed E-state index contributed by atoms with van der Waals surface area (Å²) in [5.41, 5.74) is 4.03. The van der Waals surface area contributed by atoms with Crippen LogP contribution in [-0.2, 0) is 19.7 Å². The highest BCUT2D eigenvalue weighted by Gasteiger charge is 2.04. The molecule has 0 aliphatic heterocycles. The molecule has 3 aromatic rings. The average molecular weight is 347 g/mol. The molecule has 0 atom stereocenters. The van der Waals surface area contributed by atoms with Gasteiger partial charge in [-0.05, 0) is 27.1 Å². The molecule has 2 heterocycles. The number of hydrogen-bond donors (Lipinski definition) is 2. The van der Waals surface area contributed by atoms with Crippen molar-refractivity contribution in [2.45, 2.75) is 19.7 Å². The number of rotatable bonds is 5. The number of aromatic nitrogens is 3. The van der Waals surface area contributed by atoms with Crippen LogP contribution in [0.15, 0.2) is 47.5 Å². The van der Waals surface area contributed by atoms with Gasteiger partial charge in [0.1, 0.15) is 4.60 Å². The largest absolute Gasteiger partial charge is 0.392 e. The Bertz CT molecular complexity index is 739. The van der Waals surface area contributed by atoms with Crippen molar-refractivity contribution >= 4 is 21.6 Å². The number of aliphatic hydroxyl groups is 1. The molecular weight excluding hydrogens is 332 g/mol. The van der Waals surface area contributed by atoms with Gasteiger partial charge in [0.15, 0.2) is 5.65 Å². The van der Waals surface area contributed by atoms with Crippen LogP contribution in [0.25, 0.3) is 5.65 Å². The minimum atomic E-state index is 0.0818. The fourth-order valence-corrected chi connectivity index (χ4v) is 2.45. The van der Waals surface area contributed by atoms with Gasteiger partial charge >= 0.3 is 0 Å². The Balaban J connectivity index is 1.64. The summed E-state index contributed by atoms with van der Waals surface area (Å²) in [7, 11) is 0. The monoisotopic (exact) mass is 346 g/mol. The molecule has 0 bridgehead atoms. The number of nitrogens with one attached hydrogen (secondary N) is 1. The second-order valence-corrected chi connectivity index (χ2v) is 5.58. The van der Waals surface area contributed by atoms with Crippen molar-refractivity contribution in [3.05, 3.63) is 64.3 Å². The molecule has 108 valence electrons. The summed E-state index contributed by atoms with van der Waals surface area (Å²) in [6.07, 6.45) is 5.50. The molecule has 0 spiro atoms. The highest BCUT2D eigenvalue weighted by Crippen LogP contribution is 2.11. The van der Waals surface area contributed by atoms with Gasteiger partial charge in [-0.25, -0.2) is 9.97 Å². The maximum absolute atomic E-state index is 9.02. The Morgan fingerprint density at radius 3 is 2.57 bits per heavy atom. The topological polar surface area (TPSA) is 62.5 Å². The Hall–Kier alpha value is -1.76. The number of hydrogen-bond acceptors (Lipinski definition) is 4. The molecule has 0 radical (unpaired) electrons. The van der Waals surface area contributed by atoms with Gasteiger partial charge in [-0.15, -0.1) is 0 Å². The van der Waals surface area contributed by atoms with Crippen molar-refractivity contribution in [3.8, 4) is 0 Å². The van der Waals surface area contributed by atoms with Crippen LogP contribution >= 0.6 is 15.9 Å². The average Bonchev–Trinajstić information content (AvgIpc) is 2.90. The Morgan fingerprint density at radius 1 is 1.05 bits per heavy atom. The Kier molecular flexibility index (Phi) is 4.28. The van der Waals surface area contributed by atoms with Gasteiger partial charge in [-0.1, -0.05) is 24.3 Å². The van der Waals surface area contributed by atoms with E-state index in [2.05, 4.69) is 31.2 Å². The van der Waals surface area contributed by atoms with E-state index in [4.69, 9.17) is 5.11 Å². The predicted octanol–water partition coefficient (Wildman–Crippen LogP) is 2.27. The van der Waals surface area contributed by atoms with E-state index in [0.717, 1.165) is 34.6 Å². The number of aliphatic hydroxyl groups excluding tert-OH is 1. The molecule has 0 aliphatic carbocycles. The van der Waals surface area contributed by atoms with Crippen LogP contribution in [0.2, 0.25) is 0 Å². The van der Waals surface area contributed by atoms with E-state index in [1.807, 2.05) is 41.1 Å². The van der Waals surface area contributed by atoms with Crippen molar-refractivity contribution in [2.24, 2.45) is 0 Å². The summed E-state index contributed by atoms with van der Waals surface area (Å²) in [6.45, 7) is 1.57. The minimum absolute atomic E-state index is 0.0818. The van der Waals surface area contributed by atoms with Gasteiger partial charge in [0.05, 0.1) is 24.7 Å². The van der Waals surface area contributed by atoms with E-state index in [9.17, 15) is 0 Å². The quantitative estimate of drug-likeness (QED) is 0.743. The van der Waals surface area contributed by atoms with E-state index in [-0.39, 0.29) is 6.61 Å². The summed E-state index contributed by atoms with van der Waals surface area (Å²) < 4.78 is 2.80. The van der Waals surface area contributed by atoms with Crippen molar-refractivity contribution < 1.29 is 5.11 Å². The summed E-state index contributed by atoms with van der Waals surface area (Å²) in [5, 5.41) is 12.4. The number of benzene rings is 1. The second kappa shape index (κ2) is 6.34. The fraction of sp³-hybridized carbons (Fsp3) is 0.200. The number of halogens is 1. The summed E-state index contributed by atoms with van der Waals surface area (Å²) in [4.78, 5) is 8.48. The molecule has 0 aliphatic rings. The van der Waals surface area contributed by atoms with Crippen LogP contribution in [0.1, 0.15) is 16.8 Å². The molecule has 2 aromatic heterocycles. The lowest BCUT2D eigenvalue weighted by Gasteiger charge is -2.06. The van der Waals surface area contributed by atoms with Gasteiger partial charge in [-0.2, -0.15) is 0 Å². The minimum Gasteiger partial charge on any atom is -0.392 e. The smallest absolute Gasteiger partial charge is 0.155 e. The zero-order valence-corrected chi connectivity index (χ0v) is 12.9. The third kappa shape index (κ3) is 3.29. The van der Waals surface area contributed by atoms with Crippen molar-refractivity contribution in [1.82, 2.24) is 19.7 Å². The first kappa shape index (κ1) is 14.2. The van der Waals surface area contributed by atoms with E-state index in [0.29, 0.717) is 0 Å². The number of fused-ring (bicyclic) bond motifs is 1. The Morgan fingerprint density at radius 2 is 1.81 bits per heavy atom. The van der Waals surface area contributed by atoms with Crippen LogP contribution in [0, 0.1) is 0 Å². The molecule has 21 heavy (non-hydrogen) atoms. The normalized spacial score (nSPS) is 11.1. The molecule has 0 amide bonds. The van der Waals surface area contributed by atoms with E-state index in [1.165, 1.54) is 5.56 Å². The van der Waals surface area contributed by atoms with Gasteiger partial charge in [0.25, 0.3) is 0 Å².